The van der Waals surface area contributed by atoms with Gasteiger partial charge in [0, 0.05) is 23.1 Å². The van der Waals surface area contributed by atoms with Crippen molar-refractivity contribution in [3.05, 3.63) is 82.6 Å². The van der Waals surface area contributed by atoms with Gasteiger partial charge in [0.2, 0.25) is 0 Å². The van der Waals surface area contributed by atoms with Gasteiger partial charge in [-0.05, 0) is 54.6 Å². The van der Waals surface area contributed by atoms with E-state index in [1.807, 2.05) is 16.9 Å². The Labute approximate surface area is 154 Å². The van der Waals surface area contributed by atoms with Crippen molar-refractivity contribution < 1.29 is 13.2 Å². The molecule has 1 amide bonds. The van der Waals surface area contributed by atoms with Gasteiger partial charge in [-0.1, -0.05) is 23.2 Å². The Morgan fingerprint density at radius 3 is 2.24 bits per heavy atom. The van der Waals surface area contributed by atoms with Gasteiger partial charge in [-0.3, -0.25) is 4.79 Å². The Bertz CT molecular complexity index is 1010. The van der Waals surface area contributed by atoms with Crippen LogP contribution in [-0.4, -0.2) is 18.9 Å². The molecule has 0 bridgehead atoms. The lowest BCUT2D eigenvalue weighted by atomic mass is 10.2. The molecule has 5 nitrogen and oxygen atoms in total. The largest absolute Gasteiger partial charge is 0.324 e. The molecule has 0 atom stereocenters. The zero-order valence-corrected chi connectivity index (χ0v) is 15.0. The van der Waals surface area contributed by atoms with E-state index in [-0.39, 0.29) is 15.5 Å². The normalized spacial score (nSPS) is 11.3. The highest BCUT2D eigenvalue weighted by molar-refractivity contribution is 7.90. The van der Waals surface area contributed by atoms with Gasteiger partial charge in [0.1, 0.15) is 0 Å². The molecule has 0 spiro atoms. The highest BCUT2D eigenvalue weighted by atomic mass is 35.5. The van der Waals surface area contributed by atoms with Crippen LogP contribution in [0.3, 0.4) is 0 Å². The van der Waals surface area contributed by atoms with Crippen LogP contribution in [0.1, 0.15) is 10.4 Å². The molecular weight excluding hydrogens is 383 g/mol. The summed E-state index contributed by atoms with van der Waals surface area (Å²) in [4.78, 5) is 12.4. The molecule has 0 saturated carbocycles. The Morgan fingerprint density at radius 1 is 0.960 bits per heavy atom. The zero-order chi connectivity index (χ0) is 18.0. The molecule has 1 aromatic heterocycles. The van der Waals surface area contributed by atoms with Crippen LogP contribution < -0.4 is 4.72 Å². The third kappa shape index (κ3) is 3.87. The number of halogens is 2. The summed E-state index contributed by atoms with van der Waals surface area (Å²) in [5.41, 5.74) is 0.744. The molecule has 1 heterocycles. The van der Waals surface area contributed by atoms with E-state index >= 15 is 0 Å². The minimum Gasteiger partial charge on any atom is -0.324 e. The van der Waals surface area contributed by atoms with Crippen molar-refractivity contribution in [2.24, 2.45) is 0 Å². The van der Waals surface area contributed by atoms with Gasteiger partial charge in [0.05, 0.1) is 15.5 Å². The first-order valence-electron chi connectivity index (χ1n) is 7.12. The van der Waals surface area contributed by atoms with E-state index < -0.39 is 15.9 Å². The maximum atomic E-state index is 12.4. The first-order valence-corrected chi connectivity index (χ1v) is 9.36. The van der Waals surface area contributed by atoms with Crippen LogP contribution >= 0.6 is 23.2 Å². The summed E-state index contributed by atoms with van der Waals surface area (Å²) in [6.45, 7) is 0. The summed E-state index contributed by atoms with van der Waals surface area (Å²) in [6, 6.07) is 14.0. The minimum atomic E-state index is -4.03. The number of amides is 1. The van der Waals surface area contributed by atoms with Crippen molar-refractivity contribution in [3.63, 3.8) is 0 Å². The van der Waals surface area contributed by atoms with Gasteiger partial charge in [0.15, 0.2) is 0 Å². The monoisotopic (exact) mass is 394 g/mol. The molecule has 1 N–H and O–H groups in total. The molecule has 2 aromatic carbocycles. The SMILES string of the molecule is O=C(NS(=O)(=O)c1ccc(Cl)cc1)c1cc(-n2cccc2)ccc1Cl. The number of benzene rings is 2. The molecule has 0 saturated heterocycles. The highest BCUT2D eigenvalue weighted by Crippen LogP contribution is 2.21. The summed E-state index contributed by atoms with van der Waals surface area (Å²) in [6.07, 6.45) is 3.60. The number of sulfonamides is 1. The predicted octanol–water partition coefficient (Wildman–Crippen LogP) is 3.90. The van der Waals surface area contributed by atoms with E-state index in [2.05, 4.69) is 0 Å². The Kier molecular flexibility index (Phi) is 4.85. The van der Waals surface area contributed by atoms with Crippen LogP contribution in [0.2, 0.25) is 10.0 Å². The molecule has 3 rings (SSSR count). The lowest BCUT2D eigenvalue weighted by molar-refractivity contribution is 0.0981. The summed E-state index contributed by atoms with van der Waals surface area (Å²) in [7, 11) is -4.03. The number of nitrogens with one attached hydrogen (secondary N) is 1. The van der Waals surface area contributed by atoms with Crippen molar-refractivity contribution >= 4 is 39.1 Å². The minimum absolute atomic E-state index is 0.0606. The smallest absolute Gasteiger partial charge is 0.266 e. The number of aromatic nitrogens is 1. The van der Waals surface area contributed by atoms with Crippen LogP contribution in [-0.2, 0) is 10.0 Å². The van der Waals surface area contributed by atoms with Crippen molar-refractivity contribution in [2.45, 2.75) is 4.90 Å². The lowest BCUT2D eigenvalue weighted by Gasteiger charge is -2.10. The average Bonchev–Trinajstić information content (AvgIpc) is 3.09. The first kappa shape index (κ1) is 17.5. The van der Waals surface area contributed by atoms with Gasteiger partial charge in [-0.25, -0.2) is 13.1 Å². The van der Waals surface area contributed by atoms with E-state index in [0.29, 0.717) is 10.7 Å². The maximum Gasteiger partial charge on any atom is 0.266 e. The van der Waals surface area contributed by atoms with Crippen LogP contribution in [0.5, 0.6) is 0 Å². The third-order valence-electron chi connectivity index (χ3n) is 3.45. The van der Waals surface area contributed by atoms with E-state index in [0.717, 1.165) is 0 Å². The van der Waals surface area contributed by atoms with Crippen molar-refractivity contribution in [2.75, 3.05) is 0 Å². The number of carbonyl (C=O) groups excluding carboxylic acids is 1. The van der Waals surface area contributed by atoms with Gasteiger partial charge in [-0.15, -0.1) is 0 Å². The number of nitrogens with zero attached hydrogens (tertiary/aromatic N) is 1. The number of hydrogen-bond acceptors (Lipinski definition) is 3. The summed E-state index contributed by atoms with van der Waals surface area (Å²) < 4.78 is 28.5. The fourth-order valence-electron chi connectivity index (χ4n) is 2.20. The predicted molar refractivity (Wildman–Crippen MR) is 96.9 cm³/mol. The molecule has 0 fully saturated rings. The molecule has 0 unspecified atom stereocenters. The fourth-order valence-corrected chi connectivity index (χ4v) is 3.50. The van der Waals surface area contributed by atoms with Crippen LogP contribution in [0, 0.1) is 0 Å². The van der Waals surface area contributed by atoms with E-state index in [1.54, 1.807) is 29.1 Å². The van der Waals surface area contributed by atoms with E-state index in [4.69, 9.17) is 23.2 Å². The number of rotatable bonds is 4. The molecule has 0 aliphatic heterocycles. The van der Waals surface area contributed by atoms with E-state index in [1.165, 1.54) is 30.3 Å². The second kappa shape index (κ2) is 6.92. The topological polar surface area (TPSA) is 68.2 Å². The molecule has 0 aliphatic rings. The third-order valence-corrected chi connectivity index (χ3v) is 5.38. The molecule has 8 heteroatoms. The number of hydrogen-bond donors (Lipinski definition) is 1. The molecule has 25 heavy (non-hydrogen) atoms. The number of carbonyl (C=O) groups is 1. The second-order valence-corrected chi connectivity index (χ2v) is 7.67. The fraction of sp³-hybridized carbons (Fsp3) is 0. The zero-order valence-electron chi connectivity index (χ0n) is 12.7. The summed E-state index contributed by atoms with van der Waals surface area (Å²) in [5, 5.41) is 0.549. The molecule has 0 aliphatic carbocycles. The Balaban J connectivity index is 1.90. The molecular formula is C17H12Cl2N2O3S. The van der Waals surface area contributed by atoms with Crippen LogP contribution in [0.15, 0.2) is 71.9 Å². The Morgan fingerprint density at radius 2 is 1.60 bits per heavy atom. The summed E-state index contributed by atoms with van der Waals surface area (Å²) in [5.74, 6) is -0.811. The van der Waals surface area contributed by atoms with Crippen LogP contribution in [0.4, 0.5) is 0 Å². The van der Waals surface area contributed by atoms with E-state index in [9.17, 15) is 13.2 Å². The highest BCUT2D eigenvalue weighted by Gasteiger charge is 2.20. The molecule has 128 valence electrons. The standard InChI is InChI=1S/C17H12Cl2N2O3S/c18-12-3-6-14(7-4-12)25(23,24)20-17(22)15-11-13(5-8-16(15)19)21-9-1-2-10-21/h1-11H,(H,20,22). The molecule has 3 aromatic rings. The lowest BCUT2D eigenvalue weighted by Crippen LogP contribution is -2.30. The average molecular weight is 395 g/mol. The quantitative estimate of drug-likeness (QED) is 0.729. The van der Waals surface area contributed by atoms with Crippen LogP contribution in [0.25, 0.3) is 5.69 Å². The summed E-state index contributed by atoms with van der Waals surface area (Å²) >= 11 is 11.8. The van der Waals surface area contributed by atoms with Gasteiger partial charge in [0.25, 0.3) is 15.9 Å². The Hall–Kier alpha value is -2.28. The maximum absolute atomic E-state index is 12.4. The van der Waals surface area contributed by atoms with Crippen molar-refractivity contribution in [1.29, 1.82) is 0 Å². The first-order chi connectivity index (χ1) is 11.9. The van der Waals surface area contributed by atoms with Gasteiger partial charge in [-0.2, -0.15) is 0 Å². The molecule has 0 radical (unpaired) electrons. The second-order valence-electron chi connectivity index (χ2n) is 5.14. The van der Waals surface area contributed by atoms with Gasteiger partial charge < -0.3 is 4.57 Å². The van der Waals surface area contributed by atoms with Crippen molar-refractivity contribution in [1.82, 2.24) is 9.29 Å². The van der Waals surface area contributed by atoms with Crippen molar-refractivity contribution in [3.8, 4) is 5.69 Å². The van der Waals surface area contributed by atoms with Gasteiger partial charge >= 0.3 is 0 Å².